The van der Waals surface area contributed by atoms with E-state index < -0.39 is 72.4 Å². The molecule has 0 bridgehead atoms. The van der Waals surface area contributed by atoms with Crippen LogP contribution in [-0.4, -0.2) is 172 Å². The van der Waals surface area contributed by atoms with Crippen LogP contribution in [0.15, 0.2) is 36.9 Å². The number of hydrogen-bond acceptors (Lipinski definition) is 20. The monoisotopic (exact) mass is 922 g/mol. The summed E-state index contributed by atoms with van der Waals surface area (Å²) < 4.78 is 115. The lowest BCUT2D eigenvalue weighted by Crippen LogP contribution is -2.57. The number of halogens is 6. The Bertz CT molecular complexity index is 1900. The van der Waals surface area contributed by atoms with Gasteiger partial charge in [-0.25, -0.2) is 29.3 Å². The largest absolute Gasteiger partial charge is 0.433 e. The second kappa shape index (κ2) is 22.4. The molecule has 8 atom stereocenters. The molecule has 6 N–H and O–H groups in total. The van der Waals surface area contributed by atoms with Gasteiger partial charge < -0.3 is 59.5 Å². The van der Waals surface area contributed by atoms with Gasteiger partial charge in [-0.15, -0.1) is 10.2 Å². The number of anilines is 2. The third kappa shape index (κ3) is 14.1. The van der Waals surface area contributed by atoms with Gasteiger partial charge in [-0.1, -0.05) is 17.4 Å². The highest BCUT2D eigenvalue weighted by atomic mass is 19.4. The van der Waals surface area contributed by atoms with Crippen LogP contribution in [0.2, 0.25) is 0 Å². The molecule has 2 aliphatic heterocycles. The molecule has 2 saturated heterocycles. The van der Waals surface area contributed by atoms with E-state index in [1.165, 1.54) is 0 Å². The number of alkyl halides is 6. The van der Waals surface area contributed by atoms with Gasteiger partial charge in [-0.05, 0) is 12.1 Å². The maximum Gasteiger partial charge on any atom is 0.433 e. The summed E-state index contributed by atoms with van der Waals surface area (Å²) in [5.74, 6) is -0.706. The van der Waals surface area contributed by atoms with Crippen molar-refractivity contribution in [3.8, 4) is 0 Å². The van der Waals surface area contributed by atoms with Crippen LogP contribution in [0.25, 0.3) is 0 Å². The molecule has 64 heavy (non-hydrogen) atoms. The predicted octanol–water partition coefficient (Wildman–Crippen LogP) is 0.0925. The Morgan fingerprint density at radius 2 is 1.09 bits per heavy atom. The summed E-state index contributed by atoms with van der Waals surface area (Å²) in [6.45, 7) is 3.64. The highest BCUT2D eigenvalue weighted by molar-refractivity contribution is 5.30. The third-order valence-electron chi connectivity index (χ3n) is 9.76. The smallest absolute Gasteiger partial charge is 0.388 e. The minimum absolute atomic E-state index is 0.0265. The van der Waals surface area contributed by atoms with Crippen LogP contribution in [0.3, 0.4) is 0 Å². The predicted molar refractivity (Wildman–Crippen MR) is 203 cm³/mol. The number of aliphatic hydroxyl groups excluding tert-OH is 4. The molecule has 0 saturated carbocycles. The first-order valence-electron chi connectivity index (χ1n) is 19.9. The fraction of sp³-hybridized carbons (Fsp3) is 0.667. The van der Waals surface area contributed by atoms with E-state index in [1.54, 1.807) is 21.8 Å². The first-order valence-corrected chi connectivity index (χ1v) is 19.9. The van der Waals surface area contributed by atoms with Crippen LogP contribution < -0.4 is 10.6 Å². The minimum Gasteiger partial charge on any atom is -0.388 e. The highest BCUT2D eigenvalue weighted by Crippen LogP contribution is 2.29. The summed E-state index contributed by atoms with van der Waals surface area (Å²) in [5.41, 5.74) is -1.14. The summed E-state index contributed by atoms with van der Waals surface area (Å²) in [6.07, 6.45) is -11.5. The zero-order valence-corrected chi connectivity index (χ0v) is 34.1. The van der Waals surface area contributed by atoms with E-state index in [0.717, 1.165) is 12.4 Å². The summed E-state index contributed by atoms with van der Waals surface area (Å²) in [5, 5.41) is 63.5. The van der Waals surface area contributed by atoms with Crippen LogP contribution in [0.4, 0.5) is 38.2 Å². The van der Waals surface area contributed by atoms with Crippen molar-refractivity contribution in [3.05, 3.63) is 59.7 Å². The third-order valence-corrected chi connectivity index (χ3v) is 9.76. The number of ether oxygens (including phenoxy) is 6. The topological polar surface area (TPSA) is 273 Å². The molecule has 28 heteroatoms. The second-order valence-electron chi connectivity index (χ2n) is 15.0. The number of nitrogens with zero attached hydrogens (tertiary/aromatic N) is 10. The number of nitrogens with one attached hydrogen (secondary N) is 2. The van der Waals surface area contributed by atoms with Crippen molar-refractivity contribution in [2.45, 2.75) is 94.3 Å². The van der Waals surface area contributed by atoms with Crippen molar-refractivity contribution < 1.29 is 75.2 Å². The Balaban J connectivity index is 0.784. The molecular formula is C36H48F6N12O10. The molecule has 0 unspecified atom stereocenters. The van der Waals surface area contributed by atoms with Gasteiger partial charge in [-0.3, -0.25) is 0 Å². The van der Waals surface area contributed by atoms with Crippen LogP contribution >= 0.6 is 0 Å². The van der Waals surface area contributed by atoms with Crippen LogP contribution in [0.1, 0.15) is 29.7 Å². The van der Waals surface area contributed by atoms with Gasteiger partial charge in [0.1, 0.15) is 59.4 Å². The molecule has 0 spiro atoms. The molecular weight excluding hydrogens is 874 g/mol. The molecule has 0 aromatic carbocycles. The first-order chi connectivity index (χ1) is 30.5. The normalized spacial score (nSPS) is 24.3. The molecule has 4 aromatic heterocycles. The Kier molecular flexibility index (Phi) is 17.0. The standard InChI is InChI=1S/C36H48F6N12O10/c1-20(12-61-14-21-10-53(51-49-21)6-8-59-18-25-31(57)29(55)23(16-63-25)45-33-43-4-2-27(47-33)35(37,38)39)13-62-15-22-11-54(52-50-22)7-9-60-19-26-32(58)30(56)24(17-64-26)46-34-44-5-3-28(48-34)36(40,41)42/h2-5,10-11,20,23-26,29-32,55-58H,6-9,12-19H2,1H3,(H,43,45,47)(H,44,46,48)/t23-,24-,25+,26+,29+,30+,31-,32-/m0/s1. The molecule has 22 nitrogen and oxygen atoms in total. The van der Waals surface area contributed by atoms with Crippen LogP contribution in [0, 0.1) is 5.92 Å². The van der Waals surface area contributed by atoms with Crippen molar-refractivity contribution in [2.24, 2.45) is 5.92 Å². The van der Waals surface area contributed by atoms with Crippen molar-refractivity contribution >= 4 is 11.9 Å². The second-order valence-corrected chi connectivity index (χ2v) is 15.0. The maximum atomic E-state index is 13.0. The zero-order chi connectivity index (χ0) is 45.9. The van der Waals surface area contributed by atoms with E-state index in [2.05, 4.69) is 51.2 Å². The quantitative estimate of drug-likeness (QED) is 0.0450. The number of aromatic nitrogens is 10. The van der Waals surface area contributed by atoms with Gasteiger partial charge >= 0.3 is 12.4 Å². The Morgan fingerprint density at radius 1 is 0.672 bits per heavy atom. The SMILES string of the molecule is CC(COCc1cn(CCOC[C@H]2OC[C@H](Nc3nccc(C(F)(F)F)n3)[C@@H](O)[C@H]2O)nn1)COCc1cn(CCOC[C@H]2OC[C@H](Nc3nccc(C(F)(F)F)n3)[C@@H](O)[C@H]2O)nn1. The molecule has 6 heterocycles. The van der Waals surface area contributed by atoms with Gasteiger partial charge in [0.05, 0.1) is 104 Å². The van der Waals surface area contributed by atoms with E-state index in [4.69, 9.17) is 28.4 Å². The molecule has 0 aliphatic carbocycles. The fourth-order valence-corrected chi connectivity index (χ4v) is 6.34. The molecule has 6 rings (SSSR count). The molecule has 0 radical (unpaired) electrons. The summed E-state index contributed by atoms with van der Waals surface area (Å²) in [4.78, 5) is 14.3. The van der Waals surface area contributed by atoms with Crippen molar-refractivity contribution in [1.29, 1.82) is 0 Å². The summed E-state index contributed by atoms with van der Waals surface area (Å²) in [7, 11) is 0. The first kappa shape index (κ1) is 48.7. The van der Waals surface area contributed by atoms with E-state index >= 15 is 0 Å². The molecule has 0 amide bonds. The van der Waals surface area contributed by atoms with Gasteiger partial charge in [0.15, 0.2) is 0 Å². The van der Waals surface area contributed by atoms with Crippen molar-refractivity contribution in [1.82, 2.24) is 49.9 Å². The van der Waals surface area contributed by atoms with Gasteiger partial charge in [-0.2, -0.15) is 26.3 Å². The number of hydrogen-bond donors (Lipinski definition) is 6. The van der Waals surface area contributed by atoms with Crippen molar-refractivity contribution in [2.75, 3.05) is 63.5 Å². The van der Waals surface area contributed by atoms with Crippen LogP contribution in [0.5, 0.6) is 0 Å². The number of rotatable bonds is 22. The molecule has 4 aromatic rings. The lowest BCUT2D eigenvalue weighted by Gasteiger charge is -2.37. The maximum absolute atomic E-state index is 13.0. The minimum atomic E-state index is -4.67. The highest BCUT2D eigenvalue weighted by Gasteiger charge is 2.41. The van der Waals surface area contributed by atoms with E-state index in [0.29, 0.717) is 49.8 Å². The summed E-state index contributed by atoms with van der Waals surface area (Å²) in [6, 6.07) is -0.490. The van der Waals surface area contributed by atoms with E-state index in [9.17, 15) is 46.8 Å². The average molecular weight is 923 g/mol. The lowest BCUT2D eigenvalue weighted by atomic mass is 9.98. The Labute approximate surface area is 360 Å². The van der Waals surface area contributed by atoms with Crippen molar-refractivity contribution in [3.63, 3.8) is 0 Å². The van der Waals surface area contributed by atoms with Gasteiger partial charge in [0.25, 0.3) is 0 Å². The average Bonchev–Trinajstić information content (AvgIpc) is 3.92. The lowest BCUT2D eigenvalue weighted by molar-refractivity contribution is -0.160. The zero-order valence-electron chi connectivity index (χ0n) is 34.1. The molecule has 2 aliphatic rings. The Morgan fingerprint density at radius 3 is 1.50 bits per heavy atom. The summed E-state index contributed by atoms with van der Waals surface area (Å²) >= 11 is 0. The molecule has 2 fully saturated rings. The van der Waals surface area contributed by atoms with Gasteiger partial charge in [0.2, 0.25) is 11.9 Å². The van der Waals surface area contributed by atoms with E-state index in [1.807, 2.05) is 6.92 Å². The Hall–Kier alpha value is -4.78. The van der Waals surface area contributed by atoms with E-state index in [-0.39, 0.29) is 70.7 Å². The molecule has 354 valence electrons. The van der Waals surface area contributed by atoms with Crippen LogP contribution in [-0.2, 0) is 67.1 Å². The number of aliphatic hydroxyl groups is 4. The fourth-order valence-electron chi connectivity index (χ4n) is 6.34. The van der Waals surface area contributed by atoms with Gasteiger partial charge in [0, 0.05) is 18.3 Å².